The van der Waals surface area contributed by atoms with Crippen LogP contribution in [0.1, 0.15) is 6.92 Å². The Kier molecular flexibility index (Phi) is 4.72. The molecule has 2 aromatic rings. The largest absolute Gasteiger partial charge is 0.325 e. The molecule has 2 N–H and O–H groups in total. The summed E-state index contributed by atoms with van der Waals surface area (Å²) in [4.78, 5) is 14.6. The zero-order valence-electron chi connectivity index (χ0n) is 10.6. The number of sulfonamides is 1. The first-order chi connectivity index (χ1) is 9.78. The molecule has 0 saturated carbocycles. The summed E-state index contributed by atoms with van der Waals surface area (Å²) >= 11 is 12.4. The highest BCUT2D eigenvalue weighted by molar-refractivity contribution is 7.94. The maximum Gasteiger partial charge on any atom is 0.273 e. The predicted octanol–water partition coefficient (Wildman–Crippen LogP) is 3.21. The lowest BCUT2D eigenvalue weighted by molar-refractivity contribution is -0.114. The molecule has 1 aromatic carbocycles. The van der Waals surface area contributed by atoms with Gasteiger partial charge < -0.3 is 5.32 Å². The maximum atomic E-state index is 12.1. The molecule has 0 radical (unpaired) electrons. The average Bonchev–Trinajstić information content (AvgIpc) is 2.79. The fourth-order valence-corrected chi connectivity index (χ4v) is 4.01. The van der Waals surface area contributed by atoms with E-state index in [1.807, 2.05) is 0 Å². The molecule has 0 aliphatic heterocycles. The molecule has 0 spiro atoms. The summed E-state index contributed by atoms with van der Waals surface area (Å²) in [6.45, 7) is 1.35. The molecule has 0 bridgehead atoms. The number of thiazole rings is 1. The van der Waals surface area contributed by atoms with Gasteiger partial charge in [0.2, 0.25) is 5.91 Å². The van der Waals surface area contributed by atoms with E-state index in [1.54, 1.807) is 0 Å². The van der Waals surface area contributed by atoms with Crippen LogP contribution in [0.15, 0.2) is 28.6 Å². The summed E-state index contributed by atoms with van der Waals surface area (Å²) in [5, 5.41) is 2.74. The van der Waals surface area contributed by atoms with Crippen LogP contribution in [-0.4, -0.2) is 19.3 Å². The van der Waals surface area contributed by atoms with Gasteiger partial charge >= 0.3 is 0 Å². The number of nitrogens with zero attached hydrogens (tertiary/aromatic N) is 1. The third-order valence-corrected chi connectivity index (χ3v) is 5.52. The molecule has 0 unspecified atom stereocenters. The minimum atomic E-state index is -3.77. The average molecular weight is 366 g/mol. The smallest absolute Gasteiger partial charge is 0.273 e. The summed E-state index contributed by atoms with van der Waals surface area (Å²) in [5.41, 5.74) is 0.659. The molecule has 1 amide bonds. The van der Waals surface area contributed by atoms with Crippen molar-refractivity contribution in [1.29, 1.82) is 0 Å². The lowest BCUT2D eigenvalue weighted by Gasteiger charge is -2.09. The predicted molar refractivity (Wildman–Crippen MR) is 83.7 cm³/mol. The Morgan fingerprint density at radius 2 is 2.05 bits per heavy atom. The highest BCUT2D eigenvalue weighted by atomic mass is 35.5. The third kappa shape index (κ3) is 4.07. The molecule has 21 heavy (non-hydrogen) atoms. The van der Waals surface area contributed by atoms with Crippen LogP contribution in [0.3, 0.4) is 0 Å². The van der Waals surface area contributed by atoms with Crippen LogP contribution < -0.4 is 10.0 Å². The monoisotopic (exact) mass is 365 g/mol. The molecule has 10 heteroatoms. The topological polar surface area (TPSA) is 88.2 Å². The number of carbonyl (C=O) groups is 1. The highest BCUT2D eigenvalue weighted by Gasteiger charge is 2.18. The van der Waals surface area contributed by atoms with Gasteiger partial charge in [0.25, 0.3) is 10.0 Å². The first-order valence-corrected chi connectivity index (χ1v) is 8.55. The van der Waals surface area contributed by atoms with Gasteiger partial charge in [0, 0.05) is 6.92 Å². The quantitative estimate of drug-likeness (QED) is 0.870. The Labute approximate surface area is 135 Å². The number of carbonyl (C=O) groups excluding carboxylic acids is 1. The van der Waals surface area contributed by atoms with Gasteiger partial charge in [-0.05, 0) is 18.2 Å². The van der Waals surface area contributed by atoms with Crippen LogP contribution in [-0.2, 0) is 14.8 Å². The zero-order chi connectivity index (χ0) is 15.6. The number of rotatable bonds is 4. The van der Waals surface area contributed by atoms with Crippen molar-refractivity contribution in [3.05, 3.63) is 33.9 Å². The Morgan fingerprint density at radius 1 is 1.33 bits per heavy atom. The van der Waals surface area contributed by atoms with Crippen molar-refractivity contribution in [1.82, 2.24) is 4.98 Å². The number of nitrogens with one attached hydrogen (secondary N) is 2. The minimum Gasteiger partial charge on any atom is -0.325 e. The second kappa shape index (κ2) is 6.18. The van der Waals surface area contributed by atoms with Gasteiger partial charge in [0.1, 0.15) is 0 Å². The van der Waals surface area contributed by atoms with Crippen molar-refractivity contribution in [3.8, 4) is 0 Å². The van der Waals surface area contributed by atoms with E-state index in [1.165, 1.54) is 31.3 Å². The SMILES string of the molecule is CC(=O)Nc1ccc(NS(=O)(=O)c2cnc(Cl)s2)cc1Cl. The van der Waals surface area contributed by atoms with Gasteiger partial charge in [-0.2, -0.15) is 0 Å². The van der Waals surface area contributed by atoms with Crippen molar-refractivity contribution in [2.75, 3.05) is 10.0 Å². The Balaban J connectivity index is 2.24. The second-order valence-electron chi connectivity index (χ2n) is 3.91. The number of benzene rings is 1. The Morgan fingerprint density at radius 3 is 2.57 bits per heavy atom. The maximum absolute atomic E-state index is 12.1. The summed E-state index contributed by atoms with van der Waals surface area (Å²) in [7, 11) is -3.77. The Bertz CT molecular complexity index is 790. The molecule has 112 valence electrons. The molecular weight excluding hydrogens is 357 g/mol. The van der Waals surface area contributed by atoms with Crippen molar-refractivity contribution in [2.45, 2.75) is 11.1 Å². The van der Waals surface area contributed by atoms with E-state index < -0.39 is 10.0 Å². The number of hydrogen-bond donors (Lipinski definition) is 2. The van der Waals surface area contributed by atoms with E-state index in [0.717, 1.165) is 11.3 Å². The number of hydrogen-bond acceptors (Lipinski definition) is 5. The highest BCUT2D eigenvalue weighted by Crippen LogP contribution is 2.28. The molecule has 0 saturated heterocycles. The molecule has 2 rings (SSSR count). The van der Waals surface area contributed by atoms with E-state index in [4.69, 9.17) is 23.2 Å². The van der Waals surface area contributed by atoms with Crippen LogP contribution in [0.25, 0.3) is 0 Å². The summed E-state index contributed by atoms with van der Waals surface area (Å²) in [5.74, 6) is -0.274. The van der Waals surface area contributed by atoms with E-state index in [2.05, 4.69) is 15.0 Å². The Hall–Kier alpha value is -1.35. The summed E-state index contributed by atoms with van der Waals surface area (Å²) in [6.07, 6.45) is 1.17. The fraction of sp³-hybridized carbons (Fsp3) is 0.0909. The first-order valence-electron chi connectivity index (χ1n) is 5.49. The van der Waals surface area contributed by atoms with Gasteiger partial charge in [0.05, 0.1) is 22.6 Å². The molecule has 0 aliphatic carbocycles. The lowest BCUT2D eigenvalue weighted by atomic mass is 10.3. The van der Waals surface area contributed by atoms with Crippen LogP contribution in [0.5, 0.6) is 0 Å². The first kappa shape index (κ1) is 16.0. The summed E-state index contributed by atoms with van der Waals surface area (Å²) < 4.78 is 26.6. The van der Waals surface area contributed by atoms with Crippen molar-refractivity contribution in [3.63, 3.8) is 0 Å². The van der Waals surface area contributed by atoms with Gasteiger partial charge in [-0.1, -0.05) is 34.5 Å². The van der Waals surface area contributed by atoms with Gasteiger partial charge in [-0.3, -0.25) is 9.52 Å². The van der Waals surface area contributed by atoms with E-state index in [9.17, 15) is 13.2 Å². The lowest BCUT2D eigenvalue weighted by Crippen LogP contribution is -2.12. The molecule has 1 aromatic heterocycles. The van der Waals surface area contributed by atoms with Gasteiger partial charge in [-0.15, -0.1) is 0 Å². The molecule has 0 atom stereocenters. The zero-order valence-corrected chi connectivity index (χ0v) is 13.7. The number of amides is 1. The molecule has 0 fully saturated rings. The second-order valence-corrected chi connectivity index (χ2v) is 7.84. The molecule has 6 nitrogen and oxygen atoms in total. The molecular formula is C11H9Cl2N3O3S2. The van der Waals surface area contributed by atoms with E-state index in [0.29, 0.717) is 5.69 Å². The normalized spacial score (nSPS) is 11.2. The molecule has 0 aliphatic rings. The number of aromatic nitrogens is 1. The fourth-order valence-electron chi connectivity index (χ4n) is 1.44. The minimum absolute atomic E-state index is 0.00504. The van der Waals surface area contributed by atoms with Crippen LogP contribution in [0, 0.1) is 0 Å². The van der Waals surface area contributed by atoms with Crippen LogP contribution >= 0.6 is 34.5 Å². The van der Waals surface area contributed by atoms with Crippen LogP contribution in [0.4, 0.5) is 11.4 Å². The van der Waals surface area contributed by atoms with Gasteiger partial charge in [-0.25, -0.2) is 13.4 Å². The number of anilines is 2. The van der Waals surface area contributed by atoms with Gasteiger partial charge in [0.15, 0.2) is 8.68 Å². The van der Waals surface area contributed by atoms with E-state index in [-0.39, 0.29) is 25.3 Å². The molecule has 1 heterocycles. The van der Waals surface area contributed by atoms with Crippen molar-refractivity contribution < 1.29 is 13.2 Å². The van der Waals surface area contributed by atoms with Crippen molar-refractivity contribution >= 4 is 61.8 Å². The van der Waals surface area contributed by atoms with E-state index >= 15 is 0 Å². The standard InChI is InChI=1S/C11H9Cl2N3O3S2/c1-6(17)15-9-3-2-7(4-8(9)12)16-21(18,19)10-5-14-11(13)20-10/h2-5,16H,1H3,(H,15,17). The van der Waals surface area contributed by atoms with Crippen molar-refractivity contribution in [2.24, 2.45) is 0 Å². The van der Waals surface area contributed by atoms with Crippen LogP contribution in [0.2, 0.25) is 9.49 Å². The summed E-state index contributed by atoms with van der Waals surface area (Å²) in [6, 6.07) is 4.38. The number of halogens is 2. The third-order valence-electron chi connectivity index (χ3n) is 2.25.